The third-order valence-corrected chi connectivity index (χ3v) is 4.56. The maximum Gasteiger partial charge on any atom is 0.220 e. The minimum absolute atomic E-state index is 0.0463. The zero-order chi connectivity index (χ0) is 18.1. The van der Waals surface area contributed by atoms with Crippen LogP contribution in [0, 0.1) is 13.8 Å². The van der Waals surface area contributed by atoms with Gasteiger partial charge in [-0.25, -0.2) is 0 Å². The van der Waals surface area contributed by atoms with Crippen LogP contribution in [-0.4, -0.2) is 31.9 Å². The predicted octanol–water partition coefficient (Wildman–Crippen LogP) is 3.99. The van der Waals surface area contributed by atoms with Crippen molar-refractivity contribution >= 4 is 17.7 Å². The number of hydrogen-bond donors (Lipinski definition) is 1. The minimum atomic E-state index is 0.0463. The van der Waals surface area contributed by atoms with Gasteiger partial charge in [-0.05, 0) is 61.4 Å². The number of carbonyl (C=O) groups excluding carboxylic acids is 1. The third kappa shape index (κ3) is 7.10. The van der Waals surface area contributed by atoms with Crippen LogP contribution in [-0.2, 0) is 4.79 Å². The quantitative estimate of drug-likeness (QED) is 0.543. The van der Waals surface area contributed by atoms with Gasteiger partial charge in [0.05, 0.1) is 13.7 Å². The fourth-order valence-electron chi connectivity index (χ4n) is 2.40. The van der Waals surface area contributed by atoms with Crippen molar-refractivity contribution in [3.8, 4) is 11.5 Å². The molecule has 0 saturated heterocycles. The summed E-state index contributed by atoms with van der Waals surface area (Å²) in [4.78, 5) is 13.0. The molecule has 0 bridgehead atoms. The lowest BCUT2D eigenvalue weighted by Gasteiger charge is -2.09. The Morgan fingerprint density at radius 3 is 2.36 bits per heavy atom. The van der Waals surface area contributed by atoms with Gasteiger partial charge in [0.15, 0.2) is 0 Å². The second-order valence-electron chi connectivity index (χ2n) is 5.80. The summed E-state index contributed by atoms with van der Waals surface area (Å²) in [5.74, 6) is 2.48. The highest BCUT2D eigenvalue weighted by Gasteiger charge is 2.03. The molecular formula is C20H25NO3S. The van der Waals surface area contributed by atoms with E-state index in [4.69, 9.17) is 9.47 Å². The number of benzene rings is 2. The molecule has 0 radical (unpaired) electrons. The predicted molar refractivity (Wildman–Crippen MR) is 103 cm³/mol. The third-order valence-electron chi connectivity index (χ3n) is 3.55. The lowest BCUT2D eigenvalue weighted by Crippen LogP contribution is -2.28. The van der Waals surface area contributed by atoms with Crippen LogP contribution in [0.5, 0.6) is 11.5 Å². The Labute approximate surface area is 153 Å². The van der Waals surface area contributed by atoms with Gasteiger partial charge in [0.2, 0.25) is 5.91 Å². The van der Waals surface area contributed by atoms with E-state index in [9.17, 15) is 4.79 Å². The van der Waals surface area contributed by atoms with E-state index < -0.39 is 0 Å². The molecule has 0 aliphatic carbocycles. The Kier molecular flexibility index (Phi) is 7.67. The number of amides is 1. The van der Waals surface area contributed by atoms with Gasteiger partial charge in [-0.2, -0.15) is 0 Å². The van der Waals surface area contributed by atoms with Gasteiger partial charge in [0, 0.05) is 17.1 Å². The number of nitrogens with one attached hydrogen (secondary N) is 1. The van der Waals surface area contributed by atoms with Gasteiger partial charge in [-0.1, -0.05) is 6.07 Å². The summed E-state index contributed by atoms with van der Waals surface area (Å²) in [5, 5.41) is 2.89. The summed E-state index contributed by atoms with van der Waals surface area (Å²) in [6.45, 7) is 5.07. The van der Waals surface area contributed by atoms with E-state index in [-0.39, 0.29) is 5.91 Å². The minimum Gasteiger partial charge on any atom is -0.497 e. The zero-order valence-corrected chi connectivity index (χ0v) is 15.8. The highest BCUT2D eigenvalue weighted by atomic mass is 32.2. The van der Waals surface area contributed by atoms with E-state index in [1.165, 1.54) is 11.1 Å². The van der Waals surface area contributed by atoms with Crippen LogP contribution in [0.25, 0.3) is 0 Å². The van der Waals surface area contributed by atoms with Crippen LogP contribution < -0.4 is 14.8 Å². The Bertz CT molecular complexity index is 666. The van der Waals surface area contributed by atoms with Crippen molar-refractivity contribution in [1.82, 2.24) is 5.32 Å². The number of carbonyl (C=O) groups is 1. The van der Waals surface area contributed by atoms with Gasteiger partial charge < -0.3 is 14.8 Å². The first-order valence-electron chi connectivity index (χ1n) is 8.31. The highest BCUT2D eigenvalue weighted by molar-refractivity contribution is 7.99. The number of methoxy groups -OCH3 is 1. The smallest absolute Gasteiger partial charge is 0.220 e. The fourth-order valence-corrected chi connectivity index (χ4v) is 3.25. The van der Waals surface area contributed by atoms with Crippen LogP contribution in [0.3, 0.4) is 0 Å². The second kappa shape index (κ2) is 9.99. The Balaban J connectivity index is 1.60. The molecule has 0 saturated carbocycles. The standard InChI is InChI=1S/C20H25NO3S/c1-15-12-16(2)14-18(13-15)24-10-9-21-20(22)8-11-25-19-6-4-17(23-3)5-7-19/h4-7,12-14H,8-11H2,1-3H3,(H,21,22). The number of hydrogen-bond acceptors (Lipinski definition) is 4. The Hall–Kier alpha value is -2.14. The lowest BCUT2D eigenvalue weighted by atomic mass is 10.1. The summed E-state index contributed by atoms with van der Waals surface area (Å²) in [6, 6.07) is 14.0. The molecule has 0 aliphatic heterocycles. The van der Waals surface area contributed by atoms with Gasteiger partial charge in [0.25, 0.3) is 0 Å². The number of rotatable bonds is 9. The van der Waals surface area contributed by atoms with E-state index in [2.05, 4.69) is 11.4 Å². The number of thioether (sulfide) groups is 1. The highest BCUT2D eigenvalue weighted by Crippen LogP contribution is 2.21. The fraction of sp³-hybridized carbons (Fsp3) is 0.350. The second-order valence-corrected chi connectivity index (χ2v) is 6.96. The van der Waals surface area contributed by atoms with E-state index >= 15 is 0 Å². The van der Waals surface area contributed by atoms with Gasteiger partial charge in [-0.3, -0.25) is 4.79 Å². The molecule has 134 valence electrons. The molecule has 0 fully saturated rings. The maximum atomic E-state index is 11.9. The van der Waals surface area contributed by atoms with E-state index in [1.54, 1.807) is 18.9 Å². The van der Waals surface area contributed by atoms with Crippen molar-refractivity contribution in [2.24, 2.45) is 0 Å². The van der Waals surface area contributed by atoms with Gasteiger partial charge in [-0.15, -0.1) is 11.8 Å². The number of ether oxygens (including phenoxy) is 2. The van der Waals surface area contributed by atoms with Gasteiger partial charge >= 0.3 is 0 Å². The first-order valence-corrected chi connectivity index (χ1v) is 9.30. The van der Waals surface area contributed by atoms with Crippen molar-refractivity contribution in [3.05, 3.63) is 53.6 Å². The molecule has 5 heteroatoms. The maximum absolute atomic E-state index is 11.9. The van der Waals surface area contributed by atoms with Crippen molar-refractivity contribution in [2.75, 3.05) is 26.0 Å². The van der Waals surface area contributed by atoms with E-state index in [0.29, 0.717) is 19.6 Å². The normalized spacial score (nSPS) is 10.4. The molecule has 0 spiro atoms. The zero-order valence-electron chi connectivity index (χ0n) is 15.0. The molecule has 0 aliphatic rings. The molecular weight excluding hydrogens is 334 g/mol. The monoisotopic (exact) mass is 359 g/mol. The summed E-state index contributed by atoms with van der Waals surface area (Å²) < 4.78 is 10.8. The Morgan fingerprint density at radius 1 is 1.04 bits per heavy atom. The topological polar surface area (TPSA) is 47.6 Å². The summed E-state index contributed by atoms with van der Waals surface area (Å²) in [7, 11) is 1.65. The Morgan fingerprint density at radius 2 is 1.72 bits per heavy atom. The summed E-state index contributed by atoms with van der Waals surface area (Å²) in [6.07, 6.45) is 0.486. The van der Waals surface area contributed by atoms with Crippen LogP contribution in [0.15, 0.2) is 47.4 Å². The molecule has 0 aromatic heterocycles. The van der Waals surface area contributed by atoms with Crippen molar-refractivity contribution in [3.63, 3.8) is 0 Å². The van der Waals surface area contributed by atoms with Gasteiger partial charge in [0.1, 0.15) is 18.1 Å². The average Bonchev–Trinajstić information content (AvgIpc) is 2.58. The first-order chi connectivity index (χ1) is 12.1. The SMILES string of the molecule is COc1ccc(SCCC(=O)NCCOc2cc(C)cc(C)c2)cc1. The van der Waals surface area contributed by atoms with E-state index in [1.807, 2.05) is 50.2 Å². The van der Waals surface area contributed by atoms with Crippen molar-refractivity contribution in [1.29, 1.82) is 0 Å². The molecule has 1 amide bonds. The van der Waals surface area contributed by atoms with Crippen LogP contribution in [0.4, 0.5) is 0 Å². The average molecular weight is 359 g/mol. The van der Waals surface area contributed by atoms with Crippen LogP contribution in [0.2, 0.25) is 0 Å². The number of aryl methyl sites for hydroxylation is 2. The lowest BCUT2D eigenvalue weighted by molar-refractivity contribution is -0.120. The molecule has 2 rings (SSSR count). The molecule has 25 heavy (non-hydrogen) atoms. The molecule has 0 atom stereocenters. The van der Waals surface area contributed by atoms with Crippen molar-refractivity contribution < 1.29 is 14.3 Å². The van der Waals surface area contributed by atoms with Crippen LogP contribution in [0.1, 0.15) is 17.5 Å². The molecule has 4 nitrogen and oxygen atoms in total. The van der Waals surface area contributed by atoms with Crippen molar-refractivity contribution in [2.45, 2.75) is 25.2 Å². The molecule has 0 heterocycles. The molecule has 2 aromatic rings. The largest absolute Gasteiger partial charge is 0.497 e. The molecule has 1 N–H and O–H groups in total. The summed E-state index contributed by atoms with van der Waals surface area (Å²) >= 11 is 1.66. The van der Waals surface area contributed by atoms with E-state index in [0.717, 1.165) is 22.1 Å². The first kappa shape index (κ1) is 19.2. The summed E-state index contributed by atoms with van der Waals surface area (Å²) in [5.41, 5.74) is 2.35. The van der Waals surface area contributed by atoms with Crippen LogP contribution >= 0.6 is 11.8 Å². The molecule has 2 aromatic carbocycles. The molecule has 0 unspecified atom stereocenters.